The maximum atomic E-state index is 12.8. The van der Waals surface area contributed by atoms with Crippen LogP contribution in [0.4, 0.5) is 0 Å². The van der Waals surface area contributed by atoms with Gasteiger partial charge in [0, 0.05) is 12.6 Å². The molecule has 0 radical (unpaired) electrons. The van der Waals surface area contributed by atoms with E-state index in [2.05, 4.69) is 6.92 Å². The summed E-state index contributed by atoms with van der Waals surface area (Å²) in [6.07, 6.45) is 4.34. The zero-order chi connectivity index (χ0) is 15.5. The van der Waals surface area contributed by atoms with Crippen LogP contribution in [0.1, 0.15) is 57.6 Å². The van der Waals surface area contributed by atoms with E-state index in [1.165, 1.54) is 0 Å². The smallest absolute Gasteiger partial charge is 0.243 e. The fourth-order valence-corrected chi connectivity index (χ4v) is 4.69. The topological polar surface area (TPSA) is 57.6 Å². The van der Waals surface area contributed by atoms with Gasteiger partial charge in [-0.25, -0.2) is 8.42 Å². The Bertz CT molecular complexity index is 549. The normalized spacial score (nSPS) is 22.1. The number of piperidine rings is 1. The van der Waals surface area contributed by atoms with Gasteiger partial charge in [-0.15, -0.1) is 0 Å². The van der Waals surface area contributed by atoms with Crippen molar-refractivity contribution in [1.29, 1.82) is 0 Å². The first kappa shape index (κ1) is 16.5. The molecule has 0 bridgehead atoms. The van der Waals surface area contributed by atoms with Gasteiger partial charge in [0.25, 0.3) is 0 Å². The molecule has 2 rings (SSSR count). The predicted molar refractivity (Wildman–Crippen MR) is 83.5 cm³/mol. The van der Waals surface area contributed by atoms with Crippen LogP contribution in [-0.4, -0.2) is 30.4 Å². The highest BCUT2D eigenvalue weighted by Gasteiger charge is 2.32. The summed E-state index contributed by atoms with van der Waals surface area (Å²) in [5.41, 5.74) is 0.734. The van der Waals surface area contributed by atoms with E-state index in [0.29, 0.717) is 11.4 Å². The average molecular weight is 311 g/mol. The Labute approximate surface area is 127 Å². The Morgan fingerprint density at radius 1 is 1.29 bits per heavy atom. The van der Waals surface area contributed by atoms with E-state index in [4.69, 9.17) is 0 Å². The first-order valence-electron chi connectivity index (χ1n) is 7.76. The van der Waals surface area contributed by atoms with E-state index >= 15 is 0 Å². The van der Waals surface area contributed by atoms with Gasteiger partial charge in [-0.2, -0.15) is 4.31 Å². The Morgan fingerprint density at radius 3 is 2.52 bits per heavy atom. The second-order valence-electron chi connectivity index (χ2n) is 5.80. The van der Waals surface area contributed by atoms with Crippen molar-refractivity contribution in [3.63, 3.8) is 0 Å². The van der Waals surface area contributed by atoms with Crippen LogP contribution in [0.15, 0.2) is 29.2 Å². The Kier molecular flexibility index (Phi) is 5.41. The van der Waals surface area contributed by atoms with Gasteiger partial charge in [0.15, 0.2) is 0 Å². The van der Waals surface area contributed by atoms with E-state index in [1.807, 2.05) is 0 Å². The number of aliphatic hydroxyl groups excluding tert-OH is 1. The lowest BCUT2D eigenvalue weighted by molar-refractivity contribution is 0.199. The lowest BCUT2D eigenvalue weighted by Crippen LogP contribution is -2.43. The van der Waals surface area contributed by atoms with Crippen LogP contribution < -0.4 is 0 Å². The summed E-state index contributed by atoms with van der Waals surface area (Å²) < 4.78 is 27.3. The van der Waals surface area contributed by atoms with Crippen molar-refractivity contribution in [3.8, 4) is 0 Å². The van der Waals surface area contributed by atoms with Crippen LogP contribution in [0.2, 0.25) is 0 Å². The zero-order valence-electron chi connectivity index (χ0n) is 12.8. The second kappa shape index (κ2) is 6.90. The highest BCUT2D eigenvalue weighted by Crippen LogP contribution is 2.28. The molecule has 1 aromatic carbocycles. The highest BCUT2D eigenvalue weighted by molar-refractivity contribution is 7.89. The summed E-state index contributed by atoms with van der Waals surface area (Å²) >= 11 is 0. The van der Waals surface area contributed by atoms with Crippen molar-refractivity contribution < 1.29 is 13.5 Å². The molecule has 1 fully saturated rings. The van der Waals surface area contributed by atoms with Crippen molar-refractivity contribution in [3.05, 3.63) is 29.8 Å². The quantitative estimate of drug-likeness (QED) is 0.909. The third-order valence-corrected chi connectivity index (χ3v) is 6.13. The zero-order valence-corrected chi connectivity index (χ0v) is 13.6. The molecule has 1 aliphatic heterocycles. The first-order valence-corrected chi connectivity index (χ1v) is 9.20. The van der Waals surface area contributed by atoms with Crippen LogP contribution in [-0.2, 0) is 10.0 Å². The molecule has 5 heteroatoms. The van der Waals surface area contributed by atoms with E-state index < -0.39 is 16.1 Å². The molecule has 1 heterocycles. The fraction of sp³-hybridized carbons (Fsp3) is 0.625. The Morgan fingerprint density at radius 2 is 1.95 bits per heavy atom. The number of hydrogen-bond acceptors (Lipinski definition) is 3. The fourth-order valence-electron chi connectivity index (χ4n) is 2.97. The van der Waals surface area contributed by atoms with Gasteiger partial charge < -0.3 is 5.11 Å². The van der Waals surface area contributed by atoms with Crippen LogP contribution in [0.5, 0.6) is 0 Å². The maximum Gasteiger partial charge on any atom is 0.243 e. The molecule has 4 nitrogen and oxygen atoms in total. The summed E-state index contributed by atoms with van der Waals surface area (Å²) in [7, 11) is -3.42. The number of rotatable bonds is 5. The van der Waals surface area contributed by atoms with E-state index in [0.717, 1.165) is 37.7 Å². The molecular weight excluding hydrogens is 286 g/mol. The molecule has 0 saturated carbocycles. The monoisotopic (exact) mass is 311 g/mol. The Hall–Kier alpha value is -0.910. The maximum absolute atomic E-state index is 12.8. The molecule has 0 amide bonds. The van der Waals surface area contributed by atoms with Gasteiger partial charge in [-0.3, -0.25) is 0 Å². The molecule has 1 N–H and O–H groups in total. The van der Waals surface area contributed by atoms with E-state index in [1.54, 1.807) is 35.5 Å². The van der Waals surface area contributed by atoms with E-state index in [9.17, 15) is 13.5 Å². The molecule has 0 spiro atoms. The van der Waals surface area contributed by atoms with Crippen LogP contribution in [0.25, 0.3) is 0 Å². The molecular formula is C16H25NO3S. The molecule has 1 aromatic rings. The van der Waals surface area contributed by atoms with Crippen molar-refractivity contribution >= 4 is 10.0 Å². The third kappa shape index (κ3) is 3.65. The predicted octanol–water partition coefficient (Wildman–Crippen LogP) is 3.08. The van der Waals surface area contributed by atoms with Crippen molar-refractivity contribution in [2.75, 3.05) is 6.54 Å². The summed E-state index contributed by atoms with van der Waals surface area (Å²) in [5, 5.41) is 9.52. The van der Waals surface area contributed by atoms with Gasteiger partial charge in [0.2, 0.25) is 10.0 Å². The van der Waals surface area contributed by atoms with Gasteiger partial charge in [0.1, 0.15) is 0 Å². The molecule has 1 saturated heterocycles. The largest absolute Gasteiger partial charge is 0.389 e. The summed E-state index contributed by atoms with van der Waals surface area (Å²) in [5.74, 6) is 0. The number of nitrogens with zero attached hydrogens (tertiary/aromatic N) is 1. The minimum absolute atomic E-state index is 0.130. The van der Waals surface area contributed by atoms with Crippen molar-refractivity contribution in [2.24, 2.45) is 0 Å². The number of aliphatic hydroxyl groups is 1. The van der Waals surface area contributed by atoms with Gasteiger partial charge in [-0.1, -0.05) is 31.9 Å². The molecule has 2 unspecified atom stereocenters. The highest BCUT2D eigenvalue weighted by atomic mass is 32.2. The van der Waals surface area contributed by atoms with Crippen LogP contribution in [0, 0.1) is 0 Å². The number of benzene rings is 1. The first-order chi connectivity index (χ1) is 9.96. The minimum atomic E-state index is -3.42. The molecule has 21 heavy (non-hydrogen) atoms. The lowest BCUT2D eigenvalue weighted by atomic mass is 10.0. The standard InChI is InChI=1S/C16H25NO3S/c1-3-6-15-7-4-5-12-17(15)21(19,20)16-10-8-14(9-11-16)13(2)18/h8-11,13,15,18H,3-7,12H2,1-2H3. The van der Waals surface area contributed by atoms with E-state index in [-0.39, 0.29) is 6.04 Å². The van der Waals surface area contributed by atoms with Gasteiger partial charge >= 0.3 is 0 Å². The molecule has 0 aromatic heterocycles. The van der Waals surface area contributed by atoms with Crippen LogP contribution >= 0.6 is 0 Å². The van der Waals surface area contributed by atoms with Crippen molar-refractivity contribution in [1.82, 2.24) is 4.31 Å². The molecule has 118 valence electrons. The molecule has 1 aliphatic rings. The number of sulfonamides is 1. The SMILES string of the molecule is CCCC1CCCCN1S(=O)(=O)c1ccc(C(C)O)cc1. The lowest BCUT2D eigenvalue weighted by Gasteiger charge is -2.34. The third-order valence-electron chi connectivity index (χ3n) is 4.16. The number of hydrogen-bond donors (Lipinski definition) is 1. The summed E-state index contributed by atoms with van der Waals surface area (Å²) in [6, 6.07) is 6.72. The molecule has 2 atom stereocenters. The Balaban J connectivity index is 2.26. The minimum Gasteiger partial charge on any atom is -0.389 e. The van der Waals surface area contributed by atoms with Gasteiger partial charge in [0.05, 0.1) is 11.0 Å². The van der Waals surface area contributed by atoms with Crippen LogP contribution in [0.3, 0.4) is 0 Å². The second-order valence-corrected chi connectivity index (χ2v) is 7.69. The average Bonchev–Trinajstić information content (AvgIpc) is 2.48. The summed E-state index contributed by atoms with van der Waals surface area (Å²) in [4.78, 5) is 0.329. The summed E-state index contributed by atoms with van der Waals surface area (Å²) in [6.45, 7) is 4.38. The van der Waals surface area contributed by atoms with Crippen molar-refractivity contribution in [2.45, 2.75) is 63.0 Å². The molecule has 0 aliphatic carbocycles. The van der Waals surface area contributed by atoms with Gasteiger partial charge in [-0.05, 0) is 43.9 Å².